The molecule has 0 radical (unpaired) electrons. The maximum absolute atomic E-state index is 11.0. The van der Waals surface area contributed by atoms with Gasteiger partial charge in [0.25, 0.3) is 0 Å². The van der Waals surface area contributed by atoms with Crippen molar-refractivity contribution in [3.05, 3.63) is 21.7 Å². The number of halogens is 1. The van der Waals surface area contributed by atoms with Crippen molar-refractivity contribution < 1.29 is 19.4 Å². The summed E-state index contributed by atoms with van der Waals surface area (Å²) in [6.45, 7) is 2.70. The lowest BCUT2D eigenvalue weighted by molar-refractivity contribution is -0.141. The third kappa shape index (κ3) is 2.08. The molecule has 0 aromatic heterocycles. The molecule has 0 amide bonds. The Balaban J connectivity index is 1.94. The maximum Gasteiger partial charge on any atom is 0.307 e. The Hall–Kier alpha value is -1.27. The topological polar surface area (TPSA) is 67.8 Å². The molecule has 0 aliphatic carbocycles. The van der Waals surface area contributed by atoms with Gasteiger partial charge in [-0.15, -0.1) is 0 Å². The monoisotopic (exact) mass is 327 g/mol. The van der Waals surface area contributed by atoms with E-state index in [0.717, 1.165) is 27.1 Å². The molecule has 0 spiro atoms. The number of ether oxygens (including phenoxy) is 2. The Morgan fingerprint density at radius 1 is 1.53 bits per heavy atom. The van der Waals surface area contributed by atoms with E-state index >= 15 is 0 Å². The summed E-state index contributed by atoms with van der Waals surface area (Å²) in [5.74, 6) is 0.422. The lowest BCUT2D eigenvalue weighted by Gasteiger charge is -2.16. The van der Waals surface area contributed by atoms with Crippen LogP contribution >= 0.6 is 15.9 Å². The first-order valence-electron chi connectivity index (χ1n) is 6.12. The van der Waals surface area contributed by atoms with Crippen molar-refractivity contribution in [1.82, 2.24) is 5.32 Å². The molecule has 3 rings (SSSR count). The molecule has 0 bridgehead atoms. The standard InChI is InChI=1S/C13H14BrNO4/c1-6-11(14)8(3-10-12(6)19-5-18-10)9-2-7(4-15-9)13(16)17/h3,7,9,15H,2,4-5H2,1H3,(H,16,17). The van der Waals surface area contributed by atoms with E-state index in [0.29, 0.717) is 13.0 Å². The van der Waals surface area contributed by atoms with Gasteiger partial charge in [-0.1, -0.05) is 15.9 Å². The van der Waals surface area contributed by atoms with Gasteiger partial charge < -0.3 is 19.9 Å². The zero-order chi connectivity index (χ0) is 13.6. The second kappa shape index (κ2) is 4.68. The van der Waals surface area contributed by atoms with E-state index in [1.807, 2.05) is 13.0 Å². The van der Waals surface area contributed by atoms with Crippen LogP contribution in [0.1, 0.15) is 23.6 Å². The van der Waals surface area contributed by atoms with Crippen LogP contribution in [0, 0.1) is 12.8 Å². The van der Waals surface area contributed by atoms with Crippen molar-refractivity contribution in [2.45, 2.75) is 19.4 Å². The van der Waals surface area contributed by atoms with Crippen molar-refractivity contribution in [2.24, 2.45) is 5.92 Å². The van der Waals surface area contributed by atoms with E-state index in [4.69, 9.17) is 14.6 Å². The van der Waals surface area contributed by atoms with E-state index in [-0.39, 0.29) is 18.8 Å². The minimum Gasteiger partial charge on any atom is -0.481 e. The quantitative estimate of drug-likeness (QED) is 0.871. The normalized spacial score (nSPS) is 24.7. The molecule has 0 saturated carbocycles. The average molecular weight is 328 g/mol. The van der Waals surface area contributed by atoms with Gasteiger partial charge in [0.1, 0.15) is 0 Å². The lowest BCUT2D eigenvalue weighted by atomic mass is 9.98. The predicted molar refractivity (Wildman–Crippen MR) is 71.5 cm³/mol. The number of hydrogen-bond donors (Lipinski definition) is 2. The van der Waals surface area contributed by atoms with E-state index in [9.17, 15) is 4.79 Å². The summed E-state index contributed by atoms with van der Waals surface area (Å²) in [4.78, 5) is 11.0. The molecule has 2 N–H and O–H groups in total. The number of carboxylic acid groups (broad SMARTS) is 1. The molecule has 2 aliphatic rings. The van der Waals surface area contributed by atoms with Crippen LogP contribution in [0.25, 0.3) is 0 Å². The maximum atomic E-state index is 11.0. The van der Waals surface area contributed by atoms with Gasteiger partial charge in [0.2, 0.25) is 6.79 Å². The van der Waals surface area contributed by atoms with Crippen LogP contribution in [0.15, 0.2) is 10.5 Å². The first kappa shape index (κ1) is 12.7. The molecule has 5 nitrogen and oxygen atoms in total. The van der Waals surface area contributed by atoms with Gasteiger partial charge in [0.15, 0.2) is 11.5 Å². The molecule has 6 heteroatoms. The molecule has 19 heavy (non-hydrogen) atoms. The summed E-state index contributed by atoms with van der Waals surface area (Å²) >= 11 is 3.58. The molecular formula is C13H14BrNO4. The summed E-state index contributed by atoms with van der Waals surface area (Å²) in [5, 5.41) is 12.3. The fourth-order valence-electron chi connectivity index (χ4n) is 2.62. The number of carbonyl (C=O) groups is 1. The van der Waals surface area contributed by atoms with Crippen LogP contribution in [-0.2, 0) is 4.79 Å². The van der Waals surface area contributed by atoms with Crippen molar-refractivity contribution in [1.29, 1.82) is 0 Å². The Labute approximate surface area is 119 Å². The number of nitrogens with one attached hydrogen (secondary N) is 1. The van der Waals surface area contributed by atoms with Crippen LogP contribution in [0.3, 0.4) is 0 Å². The number of benzene rings is 1. The fourth-order valence-corrected chi connectivity index (χ4v) is 3.19. The molecule has 2 atom stereocenters. The molecule has 102 valence electrons. The van der Waals surface area contributed by atoms with Crippen molar-refractivity contribution in [2.75, 3.05) is 13.3 Å². The number of carboxylic acids is 1. The van der Waals surface area contributed by atoms with Gasteiger partial charge in [-0.3, -0.25) is 4.79 Å². The summed E-state index contributed by atoms with van der Waals surface area (Å²) in [6.07, 6.45) is 0.590. The Morgan fingerprint density at radius 2 is 2.32 bits per heavy atom. The minimum atomic E-state index is -0.747. The van der Waals surface area contributed by atoms with Crippen LogP contribution in [0.4, 0.5) is 0 Å². The average Bonchev–Trinajstić information content (AvgIpc) is 3.01. The van der Waals surface area contributed by atoms with E-state index in [2.05, 4.69) is 21.2 Å². The van der Waals surface area contributed by atoms with Crippen LogP contribution in [-0.4, -0.2) is 24.4 Å². The molecule has 1 saturated heterocycles. The second-order valence-corrected chi connectivity index (χ2v) is 5.66. The molecule has 2 unspecified atom stereocenters. The van der Waals surface area contributed by atoms with Gasteiger partial charge in [-0.2, -0.15) is 0 Å². The smallest absolute Gasteiger partial charge is 0.307 e. The molecular weight excluding hydrogens is 314 g/mol. The highest BCUT2D eigenvalue weighted by Crippen LogP contribution is 2.44. The highest BCUT2D eigenvalue weighted by atomic mass is 79.9. The van der Waals surface area contributed by atoms with Gasteiger partial charge in [0.05, 0.1) is 5.92 Å². The lowest BCUT2D eigenvalue weighted by Crippen LogP contribution is -2.17. The minimum absolute atomic E-state index is 0.0312. The number of fused-ring (bicyclic) bond motifs is 1. The van der Waals surface area contributed by atoms with Crippen LogP contribution in [0.5, 0.6) is 11.5 Å². The van der Waals surface area contributed by atoms with Crippen LogP contribution < -0.4 is 14.8 Å². The summed E-state index contributed by atoms with van der Waals surface area (Å²) < 4.78 is 11.8. The summed E-state index contributed by atoms with van der Waals surface area (Å²) in [5.41, 5.74) is 2.02. The van der Waals surface area contributed by atoms with Crippen LogP contribution in [0.2, 0.25) is 0 Å². The molecule has 2 heterocycles. The third-order valence-corrected chi connectivity index (χ3v) is 4.76. The highest BCUT2D eigenvalue weighted by Gasteiger charge is 2.33. The first-order valence-corrected chi connectivity index (χ1v) is 6.92. The van der Waals surface area contributed by atoms with Gasteiger partial charge in [-0.25, -0.2) is 0 Å². The van der Waals surface area contributed by atoms with E-state index < -0.39 is 5.97 Å². The third-order valence-electron chi connectivity index (χ3n) is 3.71. The molecule has 2 aliphatic heterocycles. The van der Waals surface area contributed by atoms with Gasteiger partial charge >= 0.3 is 5.97 Å². The Morgan fingerprint density at radius 3 is 3.00 bits per heavy atom. The second-order valence-electron chi connectivity index (χ2n) is 4.87. The van der Waals surface area contributed by atoms with Crippen molar-refractivity contribution in [3.8, 4) is 11.5 Å². The molecule has 1 aromatic rings. The highest BCUT2D eigenvalue weighted by molar-refractivity contribution is 9.10. The predicted octanol–water partition coefficient (Wildman–Crippen LogP) is 2.22. The molecule has 1 aromatic carbocycles. The van der Waals surface area contributed by atoms with Gasteiger partial charge in [0, 0.05) is 22.6 Å². The summed E-state index contributed by atoms with van der Waals surface area (Å²) in [6, 6.07) is 1.96. The zero-order valence-corrected chi connectivity index (χ0v) is 12.0. The van der Waals surface area contributed by atoms with E-state index in [1.165, 1.54) is 0 Å². The number of rotatable bonds is 2. The van der Waals surface area contributed by atoms with E-state index in [1.54, 1.807) is 0 Å². The number of hydrogen-bond acceptors (Lipinski definition) is 4. The molecule has 1 fully saturated rings. The Kier molecular flexibility index (Phi) is 3.14. The fraction of sp³-hybridized carbons (Fsp3) is 0.462. The van der Waals surface area contributed by atoms with Crippen molar-refractivity contribution in [3.63, 3.8) is 0 Å². The van der Waals surface area contributed by atoms with Crippen molar-refractivity contribution >= 4 is 21.9 Å². The number of aliphatic carboxylic acids is 1. The zero-order valence-electron chi connectivity index (χ0n) is 10.4. The SMILES string of the molecule is Cc1c(Br)c(C2CC(C(=O)O)CN2)cc2c1OCO2. The largest absolute Gasteiger partial charge is 0.481 e. The first-order chi connectivity index (χ1) is 9.08. The summed E-state index contributed by atoms with van der Waals surface area (Å²) in [7, 11) is 0. The van der Waals surface area contributed by atoms with Gasteiger partial charge in [-0.05, 0) is 25.0 Å². The Bertz CT molecular complexity index is 546.